The molecule has 0 aromatic heterocycles. The molecule has 3 rings (SSSR count). The van der Waals surface area contributed by atoms with Crippen LogP contribution < -0.4 is 19.7 Å². The number of nitrogens with zero attached hydrogens (tertiary/aromatic N) is 2. The van der Waals surface area contributed by atoms with E-state index in [1.807, 2.05) is 18.2 Å². The maximum atomic E-state index is 12.8. The Kier molecular flexibility index (Phi) is 5.69. The molecular formula is C20H19N3O5. The molecule has 1 heterocycles. The molecule has 0 unspecified atom stereocenters. The van der Waals surface area contributed by atoms with Crippen molar-refractivity contribution in [3.05, 3.63) is 54.1 Å². The summed E-state index contributed by atoms with van der Waals surface area (Å²) in [5.74, 6) is -1.45. The lowest BCUT2D eigenvalue weighted by Crippen LogP contribution is -2.58. The van der Waals surface area contributed by atoms with Crippen LogP contribution in [0.15, 0.2) is 53.5 Å². The minimum Gasteiger partial charge on any atom is -0.497 e. The van der Waals surface area contributed by atoms with Crippen molar-refractivity contribution < 1.29 is 23.9 Å². The standard InChI is InChI=1S/C20H19N3O5/c1-27-15-8-5-7-14(10-15)23-19(25)16(18(24)22-20(23)26)12-21-11-13-6-3-4-9-17(13)28-2/h3-10,12,16H,11H2,1-2H3,(H,22,24,26)/t16-/m0/s1. The number of ether oxygens (including phenoxy) is 2. The molecule has 1 saturated heterocycles. The number of rotatable bonds is 6. The number of methoxy groups -OCH3 is 2. The van der Waals surface area contributed by atoms with Gasteiger partial charge >= 0.3 is 6.03 Å². The van der Waals surface area contributed by atoms with Gasteiger partial charge in [-0.2, -0.15) is 0 Å². The predicted octanol–water partition coefficient (Wildman–Crippen LogP) is 2.17. The number of nitrogens with one attached hydrogen (secondary N) is 1. The molecule has 2 aromatic carbocycles. The van der Waals surface area contributed by atoms with E-state index in [-0.39, 0.29) is 6.54 Å². The first-order valence-corrected chi connectivity index (χ1v) is 8.50. The summed E-state index contributed by atoms with van der Waals surface area (Å²) in [5.41, 5.74) is 1.11. The monoisotopic (exact) mass is 381 g/mol. The van der Waals surface area contributed by atoms with Gasteiger partial charge in [0, 0.05) is 17.8 Å². The highest BCUT2D eigenvalue weighted by Crippen LogP contribution is 2.24. The first kappa shape index (κ1) is 19.1. The lowest BCUT2D eigenvalue weighted by atomic mass is 10.1. The molecule has 8 nitrogen and oxygen atoms in total. The molecular weight excluding hydrogens is 362 g/mol. The van der Waals surface area contributed by atoms with Crippen LogP contribution in [0.4, 0.5) is 10.5 Å². The molecule has 2 aromatic rings. The van der Waals surface area contributed by atoms with E-state index >= 15 is 0 Å². The van der Waals surface area contributed by atoms with E-state index in [1.165, 1.54) is 19.4 Å². The fourth-order valence-electron chi connectivity index (χ4n) is 2.81. The predicted molar refractivity (Wildman–Crippen MR) is 103 cm³/mol. The molecule has 0 bridgehead atoms. The smallest absolute Gasteiger partial charge is 0.335 e. The summed E-state index contributed by atoms with van der Waals surface area (Å²) in [5, 5.41) is 2.19. The summed E-state index contributed by atoms with van der Waals surface area (Å²) in [6, 6.07) is 13.0. The fraction of sp³-hybridized carbons (Fsp3) is 0.200. The average Bonchev–Trinajstić information content (AvgIpc) is 2.70. The second-order valence-corrected chi connectivity index (χ2v) is 5.95. The van der Waals surface area contributed by atoms with Gasteiger partial charge in [-0.05, 0) is 18.2 Å². The largest absolute Gasteiger partial charge is 0.497 e. The minimum atomic E-state index is -1.21. The summed E-state index contributed by atoms with van der Waals surface area (Å²) in [7, 11) is 3.03. The van der Waals surface area contributed by atoms with Crippen molar-refractivity contribution in [2.24, 2.45) is 10.9 Å². The van der Waals surface area contributed by atoms with Crippen LogP contribution in [0.3, 0.4) is 0 Å². The zero-order valence-corrected chi connectivity index (χ0v) is 15.4. The molecule has 0 spiro atoms. The van der Waals surface area contributed by atoms with E-state index < -0.39 is 23.8 Å². The van der Waals surface area contributed by atoms with Gasteiger partial charge in [-0.1, -0.05) is 24.3 Å². The molecule has 1 aliphatic rings. The number of carbonyl (C=O) groups excluding carboxylic acids is 3. The van der Waals surface area contributed by atoms with E-state index in [9.17, 15) is 14.4 Å². The van der Waals surface area contributed by atoms with Gasteiger partial charge in [0.25, 0.3) is 5.91 Å². The molecule has 0 aliphatic carbocycles. The van der Waals surface area contributed by atoms with Gasteiger partial charge < -0.3 is 9.47 Å². The number of carbonyl (C=O) groups is 3. The van der Waals surface area contributed by atoms with Gasteiger partial charge in [-0.15, -0.1) is 0 Å². The van der Waals surface area contributed by atoms with E-state index in [0.29, 0.717) is 17.2 Å². The third kappa shape index (κ3) is 3.85. The Balaban J connectivity index is 1.81. The Labute approximate surface area is 161 Å². The number of anilines is 1. The van der Waals surface area contributed by atoms with Crippen molar-refractivity contribution in [1.29, 1.82) is 0 Å². The first-order valence-electron chi connectivity index (χ1n) is 8.50. The Morgan fingerprint density at radius 1 is 1.07 bits per heavy atom. The van der Waals surface area contributed by atoms with Crippen molar-refractivity contribution in [2.75, 3.05) is 19.1 Å². The minimum absolute atomic E-state index is 0.230. The molecule has 1 aliphatic heterocycles. The number of barbiturate groups is 1. The van der Waals surface area contributed by atoms with Gasteiger partial charge in [-0.25, -0.2) is 9.69 Å². The van der Waals surface area contributed by atoms with Crippen LogP contribution >= 0.6 is 0 Å². The number of urea groups is 1. The molecule has 4 amide bonds. The van der Waals surface area contributed by atoms with Crippen molar-refractivity contribution >= 4 is 29.7 Å². The van der Waals surface area contributed by atoms with Crippen LogP contribution in [0, 0.1) is 5.92 Å². The fourth-order valence-corrected chi connectivity index (χ4v) is 2.81. The highest BCUT2D eigenvalue weighted by Gasteiger charge is 2.40. The molecule has 1 atom stereocenters. The maximum Gasteiger partial charge on any atom is 0.335 e. The summed E-state index contributed by atoms with van der Waals surface area (Å²) in [4.78, 5) is 42.3. The SMILES string of the molecule is COc1cccc(N2C(=O)NC(=O)[C@H](C=NCc3ccccc3OC)C2=O)c1. The Morgan fingerprint density at radius 3 is 2.61 bits per heavy atom. The zero-order chi connectivity index (χ0) is 20.1. The first-order chi connectivity index (χ1) is 13.5. The molecule has 1 N–H and O–H groups in total. The van der Waals surface area contributed by atoms with E-state index in [4.69, 9.17) is 9.47 Å². The van der Waals surface area contributed by atoms with E-state index in [0.717, 1.165) is 10.5 Å². The van der Waals surface area contributed by atoms with Crippen LogP contribution in [-0.2, 0) is 16.1 Å². The van der Waals surface area contributed by atoms with Gasteiger partial charge in [0.05, 0.1) is 26.5 Å². The maximum absolute atomic E-state index is 12.8. The Bertz CT molecular complexity index is 941. The van der Waals surface area contributed by atoms with Crippen LogP contribution in [0.5, 0.6) is 11.5 Å². The molecule has 0 saturated carbocycles. The van der Waals surface area contributed by atoms with Crippen molar-refractivity contribution in [2.45, 2.75) is 6.54 Å². The van der Waals surface area contributed by atoms with Gasteiger partial charge in [0.2, 0.25) is 5.91 Å². The third-order valence-electron chi connectivity index (χ3n) is 4.22. The molecule has 0 radical (unpaired) electrons. The summed E-state index contributed by atoms with van der Waals surface area (Å²) in [6.07, 6.45) is 1.25. The normalized spacial score (nSPS) is 17.0. The van der Waals surface area contributed by atoms with Crippen LogP contribution in [0.25, 0.3) is 0 Å². The topological polar surface area (TPSA) is 97.3 Å². The summed E-state index contributed by atoms with van der Waals surface area (Å²) < 4.78 is 10.4. The zero-order valence-electron chi connectivity index (χ0n) is 15.4. The molecule has 28 heavy (non-hydrogen) atoms. The Morgan fingerprint density at radius 2 is 1.86 bits per heavy atom. The lowest BCUT2D eigenvalue weighted by molar-refractivity contribution is -0.131. The van der Waals surface area contributed by atoms with Crippen molar-refractivity contribution in [3.8, 4) is 11.5 Å². The van der Waals surface area contributed by atoms with Gasteiger partial charge in [0.1, 0.15) is 11.5 Å². The average molecular weight is 381 g/mol. The molecule has 144 valence electrons. The number of hydrogen-bond acceptors (Lipinski definition) is 6. The number of hydrogen-bond donors (Lipinski definition) is 1. The lowest BCUT2D eigenvalue weighted by Gasteiger charge is -2.28. The third-order valence-corrected chi connectivity index (χ3v) is 4.22. The molecule has 8 heteroatoms. The highest BCUT2D eigenvalue weighted by molar-refractivity contribution is 6.32. The number of amides is 4. The van der Waals surface area contributed by atoms with Gasteiger partial charge in [0.15, 0.2) is 5.92 Å². The number of aliphatic imine (C=N–C) groups is 1. The van der Waals surface area contributed by atoms with E-state index in [1.54, 1.807) is 31.4 Å². The Hall–Kier alpha value is -3.68. The summed E-state index contributed by atoms with van der Waals surface area (Å²) in [6.45, 7) is 0.230. The second-order valence-electron chi connectivity index (χ2n) is 5.95. The number of benzene rings is 2. The number of imide groups is 2. The van der Waals surface area contributed by atoms with Crippen LogP contribution in [-0.4, -0.2) is 38.3 Å². The second kappa shape index (κ2) is 8.34. The van der Waals surface area contributed by atoms with Crippen LogP contribution in [0.1, 0.15) is 5.56 Å². The highest BCUT2D eigenvalue weighted by atomic mass is 16.5. The van der Waals surface area contributed by atoms with Crippen LogP contribution in [0.2, 0.25) is 0 Å². The van der Waals surface area contributed by atoms with Gasteiger partial charge in [-0.3, -0.25) is 19.9 Å². The molecule has 1 fully saturated rings. The number of para-hydroxylation sites is 1. The van der Waals surface area contributed by atoms with Crippen molar-refractivity contribution in [1.82, 2.24) is 5.32 Å². The van der Waals surface area contributed by atoms with Crippen molar-refractivity contribution in [3.63, 3.8) is 0 Å². The summed E-state index contributed by atoms with van der Waals surface area (Å²) >= 11 is 0. The quantitative estimate of drug-likeness (QED) is 0.611. The van der Waals surface area contributed by atoms with E-state index in [2.05, 4.69) is 10.3 Å².